The number of ether oxygens (including phenoxy) is 1. The highest BCUT2D eigenvalue weighted by Gasteiger charge is 2.18. The van der Waals surface area contributed by atoms with E-state index < -0.39 is 0 Å². The third-order valence-corrected chi connectivity index (χ3v) is 6.15. The normalized spacial score (nSPS) is 10.8. The number of anilines is 1. The first kappa shape index (κ1) is 23.5. The van der Waals surface area contributed by atoms with Gasteiger partial charge in [-0.1, -0.05) is 11.8 Å². The van der Waals surface area contributed by atoms with Crippen LogP contribution in [-0.2, 0) is 20.7 Å². The van der Waals surface area contributed by atoms with Gasteiger partial charge in [-0.2, -0.15) is 0 Å². The number of hydrogen-bond donors (Lipinski definition) is 1. The molecule has 0 atom stereocenters. The molecular weight excluding hydrogens is 479 g/mol. The Hall–Kier alpha value is -3.64. The van der Waals surface area contributed by atoms with Crippen molar-refractivity contribution < 1.29 is 18.7 Å². The molecule has 12 heteroatoms. The fraction of sp³-hybridized carbons (Fsp3) is 0.182. The molecule has 174 valence electrons. The van der Waals surface area contributed by atoms with Gasteiger partial charge in [0.05, 0.1) is 24.5 Å². The van der Waals surface area contributed by atoms with Gasteiger partial charge in [-0.15, -0.1) is 21.5 Å². The number of nitrogens with one attached hydrogen (secondary N) is 1. The molecule has 0 bridgehead atoms. The first-order chi connectivity index (χ1) is 16.5. The average molecular weight is 499 g/mol. The van der Waals surface area contributed by atoms with Crippen LogP contribution in [0.4, 0.5) is 9.52 Å². The minimum atomic E-state index is -0.369. The molecule has 0 unspecified atom stereocenters. The molecule has 34 heavy (non-hydrogen) atoms. The van der Waals surface area contributed by atoms with Crippen molar-refractivity contribution in [1.82, 2.24) is 24.7 Å². The fourth-order valence-electron chi connectivity index (χ4n) is 2.97. The summed E-state index contributed by atoms with van der Waals surface area (Å²) in [6.07, 6.45) is 3.33. The van der Waals surface area contributed by atoms with Crippen LogP contribution in [0.25, 0.3) is 17.1 Å². The average Bonchev–Trinajstić information content (AvgIpc) is 3.46. The molecule has 1 aromatic carbocycles. The first-order valence-electron chi connectivity index (χ1n) is 10.2. The van der Waals surface area contributed by atoms with Gasteiger partial charge in [0.1, 0.15) is 5.82 Å². The quantitative estimate of drug-likeness (QED) is 0.274. The van der Waals surface area contributed by atoms with Gasteiger partial charge in [0.2, 0.25) is 5.91 Å². The van der Waals surface area contributed by atoms with E-state index >= 15 is 0 Å². The predicted molar refractivity (Wildman–Crippen MR) is 126 cm³/mol. The van der Waals surface area contributed by atoms with Gasteiger partial charge in [0.25, 0.3) is 0 Å². The van der Waals surface area contributed by atoms with Crippen molar-refractivity contribution in [2.24, 2.45) is 0 Å². The number of rotatable bonds is 9. The Bertz CT molecular complexity index is 1280. The van der Waals surface area contributed by atoms with E-state index in [0.717, 1.165) is 5.56 Å². The molecule has 3 heterocycles. The summed E-state index contributed by atoms with van der Waals surface area (Å²) in [5, 5.41) is 13.8. The van der Waals surface area contributed by atoms with E-state index in [4.69, 9.17) is 4.74 Å². The Morgan fingerprint density at radius 3 is 2.65 bits per heavy atom. The number of thiazole rings is 1. The Balaban J connectivity index is 1.47. The number of pyridine rings is 1. The maximum absolute atomic E-state index is 13.5. The number of hydrogen-bond acceptors (Lipinski definition) is 9. The van der Waals surface area contributed by atoms with Crippen LogP contribution in [-0.4, -0.2) is 49.0 Å². The highest BCUT2D eigenvalue weighted by atomic mass is 32.2. The van der Waals surface area contributed by atoms with E-state index in [0.29, 0.717) is 34.1 Å². The van der Waals surface area contributed by atoms with Crippen molar-refractivity contribution in [3.63, 3.8) is 0 Å². The zero-order valence-corrected chi connectivity index (χ0v) is 19.6. The van der Waals surface area contributed by atoms with E-state index in [9.17, 15) is 14.0 Å². The third-order valence-electron chi connectivity index (χ3n) is 4.42. The summed E-state index contributed by atoms with van der Waals surface area (Å²) in [6, 6.07) is 9.53. The second-order valence-electron chi connectivity index (χ2n) is 6.82. The van der Waals surface area contributed by atoms with E-state index in [2.05, 4.69) is 25.5 Å². The van der Waals surface area contributed by atoms with Crippen LogP contribution in [0.15, 0.2) is 59.3 Å². The van der Waals surface area contributed by atoms with Gasteiger partial charge in [0.15, 0.2) is 16.1 Å². The molecule has 0 saturated carbocycles. The van der Waals surface area contributed by atoms with Crippen molar-refractivity contribution in [3.05, 3.63) is 65.7 Å². The summed E-state index contributed by atoms with van der Waals surface area (Å²) in [4.78, 5) is 32.4. The van der Waals surface area contributed by atoms with Gasteiger partial charge in [-0.05, 0) is 43.3 Å². The van der Waals surface area contributed by atoms with Crippen LogP contribution < -0.4 is 5.32 Å². The lowest BCUT2D eigenvalue weighted by molar-refractivity contribution is -0.142. The van der Waals surface area contributed by atoms with E-state index in [1.807, 2.05) is 0 Å². The summed E-state index contributed by atoms with van der Waals surface area (Å²) in [7, 11) is 0. The van der Waals surface area contributed by atoms with E-state index in [1.165, 1.54) is 35.2 Å². The van der Waals surface area contributed by atoms with Gasteiger partial charge >= 0.3 is 5.97 Å². The molecule has 1 amide bonds. The zero-order valence-electron chi connectivity index (χ0n) is 18.0. The lowest BCUT2D eigenvalue weighted by Crippen LogP contribution is -2.15. The van der Waals surface area contributed by atoms with E-state index in [-0.39, 0.29) is 29.9 Å². The topological polar surface area (TPSA) is 112 Å². The van der Waals surface area contributed by atoms with Crippen molar-refractivity contribution in [2.45, 2.75) is 18.5 Å². The summed E-state index contributed by atoms with van der Waals surface area (Å²) in [5.41, 5.74) is 1.97. The molecule has 4 aromatic rings. The van der Waals surface area contributed by atoms with Gasteiger partial charge in [0, 0.05) is 29.0 Å². The van der Waals surface area contributed by atoms with Crippen LogP contribution in [0.2, 0.25) is 0 Å². The number of aromatic nitrogens is 5. The number of carbonyl (C=O) groups excluding carboxylic acids is 2. The van der Waals surface area contributed by atoms with Crippen LogP contribution in [0.3, 0.4) is 0 Å². The van der Waals surface area contributed by atoms with Gasteiger partial charge in [-0.25, -0.2) is 9.37 Å². The van der Waals surface area contributed by atoms with Crippen LogP contribution in [0, 0.1) is 5.82 Å². The summed E-state index contributed by atoms with van der Waals surface area (Å²) in [5.74, 6) is -0.433. The molecule has 0 radical (unpaired) electrons. The molecule has 4 rings (SSSR count). The number of carbonyl (C=O) groups is 2. The Kier molecular flexibility index (Phi) is 7.60. The third kappa shape index (κ3) is 5.83. The minimum absolute atomic E-state index is 0.0441. The number of thioether (sulfide) groups is 1. The van der Waals surface area contributed by atoms with E-state index in [1.54, 1.807) is 53.5 Å². The first-order valence-corrected chi connectivity index (χ1v) is 12.0. The molecule has 0 aliphatic rings. The number of esters is 1. The number of halogens is 1. The Labute approximate surface area is 202 Å². The highest BCUT2D eigenvalue weighted by molar-refractivity contribution is 7.99. The zero-order chi connectivity index (χ0) is 23.9. The number of nitrogens with zero attached hydrogens (tertiary/aromatic N) is 5. The largest absolute Gasteiger partial charge is 0.466 e. The second kappa shape index (κ2) is 11.0. The van der Waals surface area contributed by atoms with Crippen molar-refractivity contribution >= 4 is 40.1 Å². The second-order valence-corrected chi connectivity index (χ2v) is 8.62. The van der Waals surface area contributed by atoms with Crippen LogP contribution in [0.1, 0.15) is 12.6 Å². The lowest BCUT2D eigenvalue weighted by Gasteiger charge is -2.10. The minimum Gasteiger partial charge on any atom is -0.466 e. The molecule has 0 aliphatic heterocycles. The molecule has 9 nitrogen and oxygen atoms in total. The summed E-state index contributed by atoms with van der Waals surface area (Å²) in [6.45, 7) is 2.04. The molecule has 3 aromatic heterocycles. The smallest absolute Gasteiger partial charge is 0.311 e. The molecule has 0 aliphatic carbocycles. The van der Waals surface area contributed by atoms with Gasteiger partial charge < -0.3 is 10.1 Å². The van der Waals surface area contributed by atoms with Gasteiger partial charge in [-0.3, -0.25) is 19.1 Å². The summed E-state index contributed by atoms with van der Waals surface area (Å²) >= 11 is 2.41. The molecular formula is C22H19FN6O3S2. The maximum Gasteiger partial charge on any atom is 0.311 e. The van der Waals surface area contributed by atoms with Crippen LogP contribution >= 0.6 is 23.1 Å². The molecule has 0 saturated heterocycles. The molecule has 0 fully saturated rings. The Morgan fingerprint density at radius 1 is 1.15 bits per heavy atom. The maximum atomic E-state index is 13.5. The Morgan fingerprint density at radius 2 is 1.91 bits per heavy atom. The molecule has 0 spiro atoms. The van der Waals surface area contributed by atoms with Crippen molar-refractivity contribution in [1.29, 1.82) is 0 Å². The van der Waals surface area contributed by atoms with Crippen molar-refractivity contribution in [3.8, 4) is 17.1 Å². The predicted octanol–water partition coefficient (Wildman–Crippen LogP) is 3.76. The fourth-order valence-corrected chi connectivity index (χ4v) is 4.44. The SMILES string of the molecule is CCOC(=O)Cc1csc(NC(=O)CSc2nnc(-c3ccncc3)n2-c2ccc(F)cc2)n1. The highest BCUT2D eigenvalue weighted by Crippen LogP contribution is 2.28. The molecule has 1 N–H and O–H groups in total. The van der Waals surface area contributed by atoms with Crippen LogP contribution in [0.5, 0.6) is 0 Å². The monoisotopic (exact) mass is 498 g/mol. The summed E-state index contributed by atoms with van der Waals surface area (Å²) < 4.78 is 20.2. The lowest BCUT2D eigenvalue weighted by atomic mass is 10.2. The number of benzene rings is 1. The van der Waals surface area contributed by atoms with Crippen molar-refractivity contribution in [2.75, 3.05) is 17.7 Å². The standard InChI is InChI=1S/C22H19FN6O3S2/c1-2-32-19(31)11-16-12-33-21(25-16)26-18(30)13-34-22-28-27-20(14-7-9-24-10-8-14)29(22)17-5-3-15(23)4-6-17/h3-10,12H,2,11,13H2,1H3,(H,25,26,30). The number of amides is 1.